The quantitative estimate of drug-likeness (QED) is 0.596. The number of rotatable bonds is 2. The van der Waals surface area contributed by atoms with Gasteiger partial charge in [0.05, 0.1) is 5.69 Å². The van der Waals surface area contributed by atoms with Crippen LogP contribution in [0.15, 0.2) is 64.3 Å². The topological polar surface area (TPSA) is 37.6 Å². The Bertz CT molecular complexity index is 654. The molecule has 0 fully saturated rings. The van der Waals surface area contributed by atoms with Crippen LogP contribution in [0, 0.1) is 0 Å². The predicted molar refractivity (Wildman–Crippen MR) is 70.2 cm³/mol. The summed E-state index contributed by atoms with van der Waals surface area (Å²) in [5, 5.41) is 13.2. The number of hydrogen-bond donors (Lipinski definition) is 0. The van der Waals surface area contributed by atoms with Gasteiger partial charge in [0.15, 0.2) is 0 Å². The fourth-order valence-electron chi connectivity index (χ4n) is 1.66. The van der Waals surface area contributed by atoms with Gasteiger partial charge in [0, 0.05) is 17.0 Å². The SMILES string of the molecule is c1ccc2c(/N=N/c3nccs3)cccc2c1. The summed E-state index contributed by atoms with van der Waals surface area (Å²) in [7, 11) is 0. The molecule has 0 unspecified atom stereocenters. The molecular weight excluding hydrogens is 230 g/mol. The predicted octanol–water partition coefficient (Wildman–Crippen LogP) is 4.71. The Morgan fingerprint density at radius 2 is 1.82 bits per heavy atom. The highest BCUT2D eigenvalue weighted by Crippen LogP contribution is 2.27. The third-order valence-electron chi connectivity index (χ3n) is 2.43. The molecule has 0 aliphatic carbocycles. The molecule has 0 saturated carbocycles. The molecule has 17 heavy (non-hydrogen) atoms. The van der Waals surface area contributed by atoms with Crippen molar-refractivity contribution in [2.24, 2.45) is 10.2 Å². The van der Waals surface area contributed by atoms with Gasteiger partial charge in [-0.15, -0.1) is 21.6 Å². The summed E-state index contributed by atoms with van der Waals surface area (Å²) in [6.07, 6.45) is 1.72. The van der Waals surface area contributed by atoms with Gasteiger partial charge in [-0.25, -0.2) is 4.98 Å². The maximum Gasteiger partial charge on any atom is 0.229 e. The highest BCUT2D eigenvalue weighted by atomic mass is 32.1. The third-order valence-corrected chi connectivity index (χ3v) is 3.08. The maximum absolute atomic E-state index is 4.25. The minimum Gasteiger partial charge on any atom is -0.226 e. The summed E-state index contributed by atoms with van der Waals surface area (Å²) in [5.41, 5.74) is 0.873. The van der Waals surface area contributed by atoms with Crippen LogP contribution in [0.2, 0.25) is 0 Å². The van der Waals surface area contributed by atoms with Crippen LogP contribution in [0.5, 0.6) is 0 Å². The van der Waals surface area contributed by atoms with E-state index in [4.69, 9.17) is 0 Å². The molecule has 0 saturated heterocycles. The molecule has 3 nitrogen and oxygen atoms in total. The highest BCUT2D eigenvalue weighted by Gasteiger charge is 1.98. The molecule has 1 aromatic heterocycles. The molecule has 0 aliphatic heterocycles. The van der Waals surface area contributed by atoms with E-state index in [1.165, 1.54) is 16.7 Å². The summed E-state index contributed by atoms with van der Waals surface area (Å²) >= 11 is 1.48. The first-order valence-electron chi connectivity index (χ1n) is 5.22. The molecule has 0 N–H and O–H groups in total. The van der Waals surface area contributed by atoms with E-state index >= 15 is 0 Å². The normalized spacial score (nSPS) is 11.3. The van der Waals surface area contributed by atoms with E-state index in [9.17, 15) is 0 Å². The lowest BCUT2D eigenvalue weighted by Crippen LogP contribution is -1.71. The molecule has 2 aromatic carbocycles. The molecule has 0 radical (unpaired) electrons. The first-order valence-corrected chi connectivity index (χ1v) is 6.10. The lowest BCUT2D eigenvalue weighted by molar-refractivity contribution is 1.20. The Morgan fingerprint density at radius 3 is 2.71 bits per heavy atom. The van der Waals surface area contributed by atoms with Gasteiger partial charge >= 0.3 is 0 Å². The average Bonchev–Trinajstić information content (AvgIpc) is 2.89. The van der Waals surface area contributed by atoms with Crippen LogP contribution in [0.3, 0.4) is 0 Å². The Balaban J connectivity index is 2.06. The summed E-state index contributed by atoms with van der Waals surface area (Å²) in [6, 6.07) is 14.1. The minimum absolute atomic E-state index is 0.679. The van der Waals surface area contributed by atoms with E-state index in [0.29, 0.717) is 5.13 Å². The van der Waals surface area contributed by atoms with Crippen LogP contribution in [-0.4, -0.2) is 4.98 Å². The molecule has 1 heterocycles. The highest BCUT2D eigenvalue weighted by molar-refractivity contribution is 7.13. The Labute approximate surface area is 102 Å². The van der Waals surface area contributed by atoms with Gasteiger partial charge in [-0.05, 0) is 11.5 Å². The maximum atomic E-state index is 4.25. The molecule has 0 aliphatic rings. The van der Waals surface area contributed by atoms with Crippen molar-refractivity contribution in [1.82, 2.24) is 4.98 Å². The number of thiazole rings is 1. The van der Waals surface area contributed by atoms with Crippen molar-refractivity contribution in [2.75, 3.05) is 0 Å². The Morgan fingerprint density at radius 1 is 0.941 bits per heavy atom. The van der Waals surface area contributed by atoms with Gasteiger partial charge in [0.2, 0.25) is 5.13 Å². The Hall–Kier alpha value is -2.07. The lowest BCUT2D eigenvalue weighted by atomic mass is 10.1. The second-order valence-corrected chi connectivity index (χ2v) is 4.39. The van der Waals surface area contributed by atoms with E-state index in [-0.39, 0.29) is 0 Å². The van der Waals surface area contributed by atoms with Crippen LogP contribution in [-0.2, 0) is 0 Å². The van der Waals surface area contributed by atoms with E-state index in [1.54, 1.807) is 6.20 Å². The molecule has 0 amide bonds. The third kappa shape index (κ3) is 2.07. The zero-order valence-electron chi connectivity index (χ0n) is 8.95. The van der Waals surface area contributed by atoms with Gasteiger partial charge in [0.1, 0.15) is 0 Å². The number of aromatic nitrogens is 1. The summed E-state index contributed by atoms with van der Waals surface area (Å²) in [5.74, 6) is 0. The van der Waals surface area contributed by atoms with Crippen LogP contribution in [0.1, 0.15) is 0 Å². The number of azo groups is 1. The monoisotopic (exact) mass is 239 g/mol. The van der Waals surface area contributed by atoms with Gasteiger partial charge in [0.25, 0.3) is 0 Å². The second-order valence-electron chi connectivity index (χ2n) is 3.51. The fraction of sp³-hybridized carbons (Fsp3) is 0. The van der Waals surface area contributed by atoms with E-state index < -0.39 is 0 Å². The van der Waals surface area contributed by atoms with Crippen LogP contribution in [0.25, 0.3) is 10.8 Å². The summed E-state index contributed by atoms with van der Waals surface area (Å²) < 4.78 is 0. The van der Waals surface area contributed by atoms with Crippen molar-refractivity contribution < 1.29 is 0 Å². The molecule has 3 rings (SSSR count). The van der Waals surface area contributed by atoms with Crippen molar-refractivity contribution in [1.29, 1.82) is 0 Å². The van der Waals surface area contributed by atoms with Crippen molar-refractivity contribution >= 4 is 32.9 Å². The van der Waals surface area contributed by atoms with Crippen LogP contribution >= 0.6 is 11.3 Å². The molecule has 4 heteroatoms. The number of nitrogens with zero attached hydrogens (tertiary/aromatic N) is 3. The molecule has 82 valence electrons. The average molecular weight is 239 g/mol. The van der Waals surface area contributed by atoms with E-state index in [2.05, 4.69) is 27.3 Å². The van der Waals surface area contributed by atoms with Crippen LogP contribution < -0.4 is 0 Å². The summed E-state index contributed by atoms with van der Waals surface area (Å²) in [6.45, 7) is 0. The zero-order chi connectivity index (χ0) is 11.5. The van der Waals surface area contributed by atoms with E-state index in [0.717, 1.165) is 11.1 Å². The fourth-order valence-corrected chi connectivity index (χ4v) is 2.11. The molecule has 0 bridgehead atoms. The molecule has 0 spiro atoms. The van der Waals surface area contributed by atoms with Crippen molar-refractivity contribution in [3.8, 4) is 0 Å². The molecular formula is C13H9N3S. The van der Waals surface area contributed by atoms with Gasteiger partial charge < -0.3 is 0 Å². The first kappa shape index (κ1) is 10.1. The first-order chi connectivity index (χ1) is 8.43. The van der Waals surface area contributed by atoms with E-state index in [1.807, 2.05) is 35.7 Å². The minimum atomic E-state index is 0.679. The number of hydrogen-bond acceptors (Lipinski definition) is 4. The van der Waals surface area contributed by atoms with Gasteiger partial charge in [-0.2, -0.15) is 0 Å². The van der Waals surface area contributed by atoms with Crippen molar-refractivity contribution in [3.05, 3.63) is 54.0 Å². The van der Waals surface area contributed by atoms with Crippen molar-refractivity contribution in [3.63, 3.8) is 0 Å². The number of fused-ring (bicyclic) bond motifs is 1. The van der Waals surface area contributed by atoms with Gasteiger partial charge in [-0.3, -0.25) is 0 Å². The standard InChI is InChI=1S/C13H9N3S/c1-2-6-11-10(4-1)5-3-7-12(11)15-16-13-14-8-9-17-13/h1-9H/b16-15+. The largest absolute Gasteiger partial charge is 0.229 e. The second kappa shape index (κ2) is 4.43. The Kier molecular flexibility index (Phi) is 2.63. The summed E-state index contributed by atoms with van der Waals surface area (Å²) in [4.78, 5) is 4.07. The lowest BCUT2D eigenvalue weighted by Gasteiger charge is -1.99. The van der Waals surface area contributed by atoms with Gasteiger partial charge in [-0.1, -0.05) is 36.4 Å². The smallest absolute Gasteiger partial charge is 0.226 e. The van der Waals surface area contributed by atoms with Crippen LogP contribution in [0.4, 0.5) is 10.8 Å². The zero-order valence-corrected chi connectivity index (χ0v) is 9.76. The molecule has 3 aromatic rings. The number of benzene rings is 2. The molecule has 0 atom stereocenters. The van der Waals surface area contributed by atoms with Crippen molar-refractivity contribution in [2.45, 2.75) is 0 Å².